The molecule has 34 heavy (non-hydrogen) atoms. The number of halogens is 2. The first kappa shape index (κ1) is 25.2. The van der Waals surface area contributed by atoms with Crippen LogP contribution in [0.25, 0.3) is 6.08 Å². The van der Waals surface area contributed by atoms with Gasteiger partial charge >= 0.3 is 5.97 Å². The lowest BCUT2D eigenvalue weighted by atomic mass is 9.95. The molecule has 0 spiro atoms. The highest BCUT2D eigenvalue weighted by Gasteiger charge is 2.34. The molecule has 178 valence electrons. The summed E-state index contributed by atoms with van der Waals surface area (Å²) in [5.41, 5.74) is 2.01. The second-order valence-electron chi connectivity index (χ2n) is 7.62. The zero-order valence-electron chi connectivity index (χ0n) is 18.1. The summed E-state index contributed by atoms with van der Waals surface area (Å²) in [6.07, 6.45) is 5.31. The van der Waals surface area contributed by atoms with Crippen molar-refractivity contribution in [3.05, 3.63) is 54.7 Å². The van der Waals surface area contributed by atoms with Crippen molar-refractivity contribution in [2.45, 2.75) is 32.6 Å². The third-order valence-electron chi connectivity index (χ3n) is 5.33. The number of thioether (sulfide) groups is 1. The molecule has 11 heteroatoms. The Labute approximate surface area is 220 Å². The van der Waals surface area contributed by atoms with Gasteiger partial charge in [0.1, 0.15) is 15.9 Å². The highest BCUT2D eigenvalue weighted by molar-refractivity contribution is 8.26. The van der Waals surface area contributed by atoms with Crippen LogP contribution in [0.15, 0.2) is 23.1 Å². The highest BCUT2D eigenvalue weighted by atomic mass is 35.5. The monoisotopic (exact) mass is 554 g/mol. The van der Waals surface area contributed by atoms with Crippen LogP contribution in [-0.4, -0.2) is 40.2 Å². The first-order chi connectivity index (χ1) is 16.3. The number of aryl methyl sites for hydroxylation is 1. The molecule has 2 amide bonds. The molecule has 2 aromatic rings. The number of anilines is 1. The predicted molar refractivity (Wildman–Crippen MR) is 142 cm³/mol. The van der Waals surface area contributed by atoms with Crippen LogP contribution in [0.4, 0.5) is 5.00 Å². The molecular formula is C23H20Cl2N2O4S3. The molecule has 0 unspecified atom stereocenters. The van der Waals surface area contributed by atoms with Crippen LogP contribution in [-0.2, 0) is 27.2 Å². The Morgan fingerprint density at radius 2 is 2.03 bits per heavy atom. The van der Waals surface area contributed by atoms with Crippen LogP contribution in [0.5, 0.6) is 0 Å². The van der Waals surface area contributed by atoms with Gasteiger partial charge in [-0.3, -0.25) is 14.5 Å². The number of thiocarbonyl (C=S) groups is 1. The van der Waals surface area contributed by atoms with Crippen LogP contribution >= 0.6 is 58.5 Å². The molecule has 1 aliphatic carbocycles. The summed E-state index contributed by atoms with van der Waals surface area (Å²) in [6, 6.07) is 4.97. The topological polar surface area (TPSA) is 75.7 Å². The van der Waals surface area contributed by atoms with Gasteiger partial charge in [0.15, 0.2) is 0 Å². The standard InChI is InChI=1S/C23H20Cl2N2O4S3/c1-2-31-22(30)19-14-5-3-4-6-16(14)33-20(19)26-18(28)11-27-21(29)17(34-23(27)32)9-12-7-8-13(24)10-15(12)25/h7-10H,2-6,11H2,1H3,(H,26,28)/b17-9-. The number of hydrogen-bond donors (Lipinski definition) is 1. The molecular weight excluding hydrogens is 535 g/mol. The summed E-state index contributed by atoms with van der Waals surface area (Å²) in [4.78, 5) is 41.1. The summed E-state index contributed by atoms with van der Waals surface area (Å²) >= 11 is 20.0. The van der Waals surface area contributed by atoms with Crippen molar-refractivity contribution in [1.82, 2.24) is 4.90 Å². The van der Waals surface area contributed by atoms with Crippen LogP contribution in [0.2, 0.25) is 10.0 Å². The van der Waals surface area contributed by atoms with Crippen molar-refractivity contribution in [3.8, 4) is 0 Å². The van der Waals surface area contributed by atoms with Gasteiger partial charge in [-0.1, -0.05) is 53.2 Å². The van der Waals surface area contributed by atoms with Gasteiger partial charge in [0, 0.05) is 14.9 Å². The van der Waals surface area contributed by atoms with E-state index in [1.54, 1.807) is 31.2 Å². The van der Waals surface area contributed by atoms with E-state index in [-0.39, 0.29) is 23.4 Å². The zero-order valence-corrected chi connectivity index (χ0v) is 22.1. The van der Waals surface area contributed by atoms with E-state index in [1.165, 1.54) is 16.2 Å². The van der Waals surface area contributed by atoms with E-state index in [0.29, 0.717) is 31.1 Å². The van der Waals surface area contributed by atoms with E-state index in [0.717, 1.165) is 47.9 Å². The smallest absolute Gasteiger partial charge is 0.341 e. The van der Waals surface area contributed by atoms with Gasteiger partial charge in [-0.05, 0) is 61.9 Å². The van der Waals surface area contributed by atoms with E-state index < -0.39 is 11.9 Å². The van der Waals surface area contributed by atoms with Gasteiger partial charge in [-0.15, -0.1) is 11.3 Å². The van der Waals surface area contributed by atoms with Crippen LogP contribution in [0.1, 0.15) is 46.1 Å². The summed E-state index contributed by atoms with van der Waals surface area (Å²) in [6.45, 7) is 1.73. The molecule has 2 heterocycles. The zero-order chi connectivity index (χ0) is 24.4. The molecule has 1 fully saturated rings. The first-order valence-corrected chi connectivity index (χ1v) is 13.4. The quantitative estimate of drug-likeness (QED) is 0.270. The second-order valence-corrected chi connectivity index (χ2v) is 11.2. The minimum atomic E-state index is -0.439. The van der Waals surface area contributed by atoms with Crippen molar-refractivity contribution in [3.63, 3.8) is 0 Å². The Balaban J connectivity index is 1.51. The van der Waals surface area contributed by atoms with Gasteiger partial charge in [-0.25, -0.2) is 4.79 Å². The maximum Gasteiger partial charge on any atom is 0.341 e. The SMILES string of the molecule is CCOC(=O)c1c(NC(=O)CN2C(=O)/C(=C/c3ccc(Cl)cc3Cl)SC2=S)sc2c1CCCC2. The molecule has 1 aliphatic heterocycles. The van der Waals surface area contributed by atoms with Crippen LogP contribution < -0.4 is 5.32 Å². The number of benzene rings is 1. The molecule has 1 aromatic carbocycles. The Kier molecular flexibility index (Phi) is 7.99. The van der Waals surface area contributed by atoms with Gasteiger partial charge in [0.25, 0.3) is 5.91 Å². The van der Waals surface area contributed by atoms with E-state index in [2.05, 4.69) is 5.32 Å². The van der Waals surface area contributed by atoms with E-state index in [4.69, 9.17) is 40.2 Å². The summed E-state index contributed by atoms with van der Waals surface area (Å²) in [5.74, 6) is -1.26. The molecule has 1 aromatic heterocycles. The molecule has 0 atom stereocenters. The number of thiophene rings is 1. The molecule has 0 saturated carbocycles. The van der Waals surface area contributed by atoms with E-state index in [1.807, 2.05) is 0 Å². The minimum absolute atomic E-state index is 0.247. The van der Waals surface area contributed by atoms with Crippen molar-refractivity contribution in [1.29, 1.82) is 0 Å². The van der Waals surface area contributed by atoms with Crippen molar-refractivity contribution in [2.75, 3.05) is 18.5 Å². The van der Waals surface area contributed by atoms with Gasteiger partial charge in [0.2, 0.25) is 5.91 Å². The number of nitrogens with zero attached hydrogens (tertiary/aromatic N) is 1. The summed E-state index contributed by atoms with van der Waals surface area (Å²) < 4.78 is 5.50. The fourth-order valence-electron chi connectivity index (χ4n) is 3.78. The van der Waals surface area contributed by atoms with Gasteiger partial charge in [-0.2, -0.15) is 0 Å². The lowest BCUT2D eigenvalue weighted by Crippen LogP contribution is -2.36. The molecule has 6 nitrogen and oxygen atoms in total. The van der Waals surface area contributed by atoms with E-state index in [9.17, 15) is 14.4 Å². The Hall–Kier alpha value is -1.91. The van der Waals surface area contributed by atoms with Gasteiger partial charge in [0.05, 0.1) is 17.1 Å². The largest absolute Gasteiger partial charge is 0.462 e. The fourth-order valence-corrected chi connectivity index (χ4v) is 6.78. The molecule has 0 radical (unpaired) electrons. The fraction of sp³-hybridized carbons (Fsp3) is 0.304. The lowest BCUT2D eigenvalue weighted by Gasteiger charge is -2.14. The average molecular weight is 556 g/mol. The maximum atomic E-state index is 12.9. The van der Waals surface area contributed by atoms with Gasteiger partial charge < -0.3 is 10.1 Å². The number of fused-ring (bicyclic) bond motifs is 1. The van der Waals surface area contributed by atoms with Crippen molar-refractivity contribution in [2.24, 2.45) is 0 Å². The van der Waals surface area contributed by atoms with Crippen molar-refractivity contribution >= 4 is 91.7 Å². The number of ether oxygens (including phenoxy) is 1. The number of amides is 2. The number of rotatable bonds is 6. The molecule has 1 saturated heterocycles. The number of carbonyl (C=O) groups excluding carboxylic acids is 3. The normalized spacial score (nSPS) is 16.7. The molecule has 4 rings (SSSR count). The summed E-state index contributed by atoms with van der Waals surface area (Å²) in [5, 5.41) is 4.17. The van der Waals surface area contributed by atoms with Crippen LogP contribution in [0, 0.1) is 0 Å². The number of nitrogens with one attached hydrogen (secondary N) is 1. The third-order valence-corrected chi connectivity index (χ3v) is 8.48. The molecule has 2 aliphatic rings. The predicted octanol–water partition coefficient (Wildman–Crippen LogP) is 5.95. The lowest BCUT2D eigenvalue weighted by molar-refractivity contribution is -0.126. The average Bonchev–Trinajstić information content (AvgIpc) is 3.27. The Bertz CT molecular complexity index is 1230. The number of hydrogen-bond acceptors (Lipinski definition) is 7. The first-order valence-electron chi connectivity index (χ1n) is 10.6. The van der Waals surface area contributed by atoms with Crippen LogP contribution in [0.3, 0.4) is 0 Å². The molecule has 1 N–H and O–H groups in total. The van der Waals surface area contributed by atoms with Crippen molar-refractivity contribution < 1.29 is 19.1 Å². The minimum Gasteiger partial charge on any atom is -0.462 e. The summed E-state index contributed by atoms with van der Waals surface area (Å²) in [7, 11) is 0. The second kappa shape index (κ2) is 10.8. The maximum absolute atomic E-state index is 12.9. The molecule has 0 bridgehead atoms. The third kappa shape index (κ3) is 5.33. The van der Waals surface area contributed by atoms with E-state index >= 15 is 0 Å². The number of esters is 1. The Morgan fingerprint density at radius 1 is 1.26 bits per heavy atom. The Morgan fingerprint density at radius 3 is 2.76 bits per heavy atom. The highest BCUT2D eigenvalue weighted by Crippen LogP contribution is 2.39. The number of carbonyl (C=O) groups is 3.